The van der Waals surface area contributed by atoms with Crippen LogP contribution >= 0.6 is 0 Å². The molecule has 1 aromatic carbocycles. The second-order valence-corrected chi connectivity index (χ2v) is 10.5. The zero-order valence-corrected chi connectivity index (χ0v) is 19.7. The molecular formula is C25H27N5O3S. The second-order valence-electron chi connectivity index (χ2n) is 8.61. The number of amides is 1. The molecule has 9 heteroatoms. The molecule has 176 valence electrons. The van der Waals surface area contributed by atoms with Crippen LogP contribution in [0.15, 0.2) is 72.0 Å². The van der Waals surface area contributed by atoms with Gasteiger partial charge in [-0.2, -0.15) is 4.31 Å². The molecule has 0 aliphatic carbocycles. The molecule has 1 atom stereocenters. The fourth-order valence-electron chi connectivity index (χ4n) is 4.53. The number of carbonyl (C=O) groups excluding carboxylic acids is 1. The molecule has 4 heterocycles. The number of piperazine rings is 1. The van der Waals surface area contributed by atoms with Gasteiger partial charge in [0.1, 0.15) is 5.69 Å². The van der Waals surface area contributed by atoms with E-state index < -0.39 is 10.4 Å². The molecule has 3 aromatic rings. The molecule has 1 saturated heterocycles. The fraction of sp³-hybridized carbons (Fsp3) is 0.320. The molecule has 2 aliphatic heterocycles. The van der Waals surface area contributed by atoms with E-state index in [-0.39, 0.29) is 10.8 Å². The number of aryl methyl sites for hydroxylation is 1. The van der Waals surface area contributed by atoms with Crippen molar-refractivity contribution in [3.05, 3.63) is 83.9 Å². The zero-order valence-electron chi connectivity index (χ0n) is 18.9. The zero-order chi connectivity index (χ0) is 23.5. The largest absolute Gasteiger partial charge is 0.588 e. The highest BCUT2D eigenvalue weighted by Gasteiger charge is 2.35. The van der Waals surface area contributed by atoms with Crippen LogP contribution in [0.25, 0.3) is 0 Å². The Labute approximate surface area is 200 Å². The van der Waals surface area contributed by atoms with Gasteiger partial charge in [-0.25, -0.2) is 0 Å². The number of aromatic nitrogens is 2. The number of rotatable bonds is 5. The van der Waals surface area contributed by atoms with Crippen molar-refractivity contribution in [3.8, 4) is 0 Å². The fourth-order valence-corrected chi connectivity index (χ4v) is 6.01. The summed E-state index contributed by atoms with van der Waals surface area (Å²) in [7, 11) is -3.78. The lowest BCUT2D eigenvalue weighted by molar-refractivity contribution is 0.0628. The van der Waals surface area contributed by atoms with E-state index in [9.17, 15) is 13.6 Å². The van der Waals surface area contributed by atoms with E-state index in [4.69, 9.17) is 0 Å². The number of pyridine rings is 2. The van der Waals surface area contributed by atoms with Crippen LogP contribution in [-0.4, -0.2) is 63.0 Å². The summed E-state index contributed by atoms with van der Waals surface area (Å²) in [4.78, 5) is 26.0. The van der Waals surface area contributed by atoms with Crippen molar-refractivity contribution >= 4 is 22.0 Å². The Bertz CT molecular complexity index is 1200. The lowest BCUT2D eigenvalue weighted by Gasteiger charge is -2.35. The number of anilines is 1. The molecule has 8 nitrogen and oxygen atoms in total. The summed E-state index contributed by atoms with van der Waals surface area (Å²) in [5, 5.41) is 0. The first-order valence-electron chi connectivity index (χ1n) is 11.5. The van der Waals surface area contributed by atoms with Crippen molar-refractivity contribution in [2.75, 3.05) is 37.0 Å². The summed E-state index contributed by atoms with van der Waals surface area (Å²) in [6.07, 6.45) is 5.83. The lowest BCUT2D eigenvalue weighted by atomic mass is 10.1. The first-order chi connectivity index (χ1) is 16.5. The Kier molecular flexibility index (Phi) is 6.40. The van der Waals surface area contributed by atoms with Gasteiger partial charge in [-0.1, -0.05) is 34.5 Å². The molecule has 1 amide bonds. The van der Waals surface area contributed by atoms with Crippen LogP contribution in [0.3, 0.4) is 0 Å². The van der Waals surface area contributed by atoms with Gasteiger partial charge in [0.2, 0.25) is 0 Å². The van der Waals surface area contributed by atoms with Crippen LogP contribution in [0, 0.1) is 0 Å². The van der Waals surface area contributed by atoms with Crippen molar-refractivity contribution in [1.29, 1.82) is 0 Å². The van der Waals surface area contributed by atoms with Crippen LogP contribution in [0.4, 0.5) is 5.69 Å². The van der Waals surface area contributed by atoms with Crippen LogP contribution in [-0.2, 0) is 27.6 Å². The summed E-state index contributed by atoms with van der Waals surface area (Å²) in [6.45, 7) is 4.05. The van der Waals surface area contributed by atoms with Gasteiger partial charge in [0.05, 0.1) is 24.0 Å². The first-order valence-corrected chi connectivity index (χ1v) is 12.9. The predicted octanol–water partition coefficient (Wildman–Crippen LogP) is 2.79. The number of hydrogen-bond acceptors (Lipinski definition) is 6. The van der Waals surface area contributed by atoms with E-state index in [1.54, 1.807) is 24.5 Å². The van der Waals surface area contributed by atoms with E-state index in [0.29, 0.717) is 49.4 Å². The minimum absolute atomic E-state index is 0.112. The maximum Gasteiger partial charge on any atom is 0.255 e. The topological polar surface area (TPSA) is 92.7 Å². The minimum atomic E-state index is -3.78. The van der Waals surface area contributed by atoms with Crippen molar-refractivity contribution < 1.29 is 13.6 Å². The van der Waals surface area contributed by atoms with Crippen molar-refractivity contribution in [2.24, 2.45) is 0 Å². The van der Waals surface area contributed by atoms with Gasteiger partial charge in [-0.15, -0.1) is 0 Å². The Morgan fingerprint density at radius 1 is 1.00 bits per heavy atom. The molecule has 0 saturated carbocycles. The molecule has 1 unspecified atom stereocenters. The maximum atomic E-state index is 13.3. The quantitative estimate of drug-likeness (QED) is 0.525. The molecule has 0 bridgehead atoms. The third kappa shape index (κ3) is 4.59. The molecule has 5 rings (SSSR count). The molecule has 2 aromatic heterocycles. The van der Waals surface area contributed by atoms with Gasteiger partial charge in [0.15, 0.2) is 15.3 Å². The standard InChI is InChI=1S/C25H27N5O3S/c31-25(29-14-12-28(13-15-29)19-20-6-2-1-3-7-20)21-16-24-23(27-17-21)9-5-11-30(24)34(32,33)22-8-4-10-26-18-22/h1-4,6-8,10,16-18H,5,9,11-15,19H2. The normalized spacial score (nSPS) is 18.3. The molecular weight excluding hydrogens is 450 g/mol. The number of fused-ring (bicyclic) bond motifs is 1. The monoisotopic (exact) mass is 477 g/mol. The minimum Gasteiger partial charge on any atom is -0.588 e. The molecule has 0 N–H and O–H groups in total. The van der Waals surface area contributed by atoms with Crippen molar-refractivity contribution in [2.45, 2.75) is 24.3 Å². The van der Waals surface area contributed by atoms with Crippen LogP contribution < -0.4 is 4.31 Å². The maximum absolute atomic E-state index is 13.3. The van der Waals surface area contributed by atoms with Crippen LogP contribution in [0.5, 0.6) is 0 Å². The van der Waals surface area contributed by atoms with Crippen molar-refractivity contribution in [1.82, 2.24) is 19.8 Å². The van der Waals surface area contributed by atoms with E-state index in [1.807, 2.05) is 23.1 Å². The van der Waals surface area contributed by atoms with Gasteiger partial charge in [-0.05, 0) is 36.6 Å². The number of carbonyl (C=O) groups is 1. The average molecular weight is 478 g/mol. The molecule has 0 spiro atoms. The molecule has 0 radical (unpaired) electrons. The smallest absolute Gasteiger partial charge is 0.255 e. The number of benzene rings is 1. The van der Waals surface area contributed by atoms with E-state index in [1.165, 1.54) is 22.1 Å². The van der Waals surface area contributed by atoms with Gasteiger partial charge in [-0.3, -0.25) is 19.7 Å². The summed E-state index contributed by atoms with van der Waals surface area (Å²) in [6, 6.07) is 15.1. The predicted molar refractivity (Wildman–Crippen MR) is 129 cm³/mol. The van der Waals surface area contributed by atoms with E-state index in [2.05, 4.69) is 27.0 Å². The Balaban J connectivity index is 1.31. The highest BCUT2D eigenvalue weighted by atomic mass is 32.3. The molecule has 34 heavy (non-hydrogen) atoms. The summed E-state index contributed by atoms with van der Waals surface area (Å²) in [5.74, 6) is -0.112. The van der Waals surface area contributed by atoms with E-state index >= 15 is 0 Å². The number of sulfonamides is 1. The first kappa shape index (κ1) is 22.6. The van der Waals surface area contributed by atoms with Gasteiger partial charge in [0.25, 0.3) is 5.91 Å². The van der Waals surface area contributed by atoms with Gasteiger partial charge in [0, 0.05) is 45.1 Å². The number of hydrogen-bond donors (Lipinski definition) is 0. The Hall–Kier alpha value is -3.14. The van der Waals surface area contributed by atoms with Gasteiger partial charge >= 0.3 is 0 Å². The van der Waals surface area contributed by atoms with Crippen LogP contribution in [0.2, 0.25) is 0 Å². The number of nitrogens with zero attached hydrogens (tertiary/aromatic N) is 5. The highest BCUT2D eigenvalue weighted by Crippen LogP contribution is 2.34. The molecule has 1 fully saturated rings. The second kappa shape index (κ2) is 9.61. The van der Waals surface area contributed by atoms with E-state index in [0.717, 1.165) is 19.6 Å². The molecule has 2 aliphatic rings. The lowest BCUT2D eigenvalue weighted by Crippen LogP contribution is -2.48. The van der Waals surface area contributed by atoms with Crippen LogP contribution in [0.1, 0.15) is 28.0 Å². The summed E-state index contributed by atoms with van der Waals surface area (Å²) >= 11 is 0. The average Bonchev–Trinajstić information content (AvgIpc) is 2.89. The Morgan fingerprint density at radius 2 is 1.79 bits per heavy atom. The third-order valence-corrected chi connectivity index (χ3v) is 8.17. The SMILES string of the molecule is O=C(c1cnc2c(c1)N([S+](=O)([O-])c1cccnc1)CCC2)N1CCN(Cc2ccccc2)CC1. The third-order valence-electron chi connectivity index (χ3n) is 6.37. The van der Waals surface area contributed by atoms with Crippen molar-refractivity contribution in [3.63, 3.8) is 0 Å². The van der Waals surface area contributed by atoms with Gasteiger partial charge < -0.3 is 9.45 Å². The summed E-state index contributed by atoms with van der Waals surface area (Å²) in [5.41, 5.74) is 2.87. The summed E-state index contributed by atoms with van der Waals surface area (Å²) < 4.78 is 27.9. The highest BCUT2D eigenvalue weighted by molar-refractivity contribution is 7.99. The Morgan fingerprint density at radius 3 is 2.53 bits per heavy atom.